The number of primary amides is 1. The minimum absolute atomic E-state index is 0. The Hall–Kier alpha value is -2.94. The van der Waals surface area contributed by atoms with E-state index in [1.54, 1.807) is 12.1 Å². The molecule has 0 radical (unpaired) electrons. The topological polar surface area (TPSA) is 121 Å². The molecule has 2 heterocycles. The van der Waals surface area contributed by atoms with Crippen LogP contribution < -0.4 is 26.6 Å². The fraction of sp³-hybridized carbons (Fsp3) is 0.545. The number of carbonyl (C=O) groups is 1. The number of rotatable bonds is 9. The van der Waals surface area contributed by atoms with Gasteiger partial charge in [0.05, 0.1) is 0 Å². The van der Waals surface area contributed by atoms with Gasteiger partial charge in [-0.15, -0.1) is 0 Å². The molecular formula is C22H36N8O. The van der Waals surface area contributed by atoms with Crippen molar-refractivity contribution in [3.63, 3.8) is 0 Å². The molecule has 5 N–H and O–H groups in total. The van der Waals surface area contributed by atoms with Crippen LogP contribution in [-0.4, -0.2) is 53.6 Å². The molecule has 9 nitrogen and oxygen atoms in total. The molecule has 1 amide bonds. The fourth-order valence-corrected chi connectivity index (χ4v) is 3.48. The summed E-state index contributed by atoms with van der Waals surface area (Å²) in [6, 6.07) is 5.69. The first-order chi connectivity index (χ1) is 14.3. The number of anilines is 4. The number of nitrogens with one attached hydrogen (secondary N) is 3. The molecule has 0 saturated carbocycles. The van der Waals surface area contributed by atoms with Gasteiger partial charge >= 0.3 is 0 Å². The number of amides is 1. The number of aromatic nitrogens is 3. The highest BCUT2D eigenvalue weighted by Crippen LogP contribution is 2.22. The van der Waals surface area contributed by atoms with Crippen LogP contribution in [-0.2, 0) is 0 Å². The minimum atomic E-state index is -0.475. The van der Waals surface area contributed by atoms with Crippen molar-refractivity contribution in [2.75, 3.05) is 42.2 Å². The predicted molar refractivity (Wildman–Crippen MR) is 127 cm³/mol. The van der Waals surface area contributed by atoms with Crippen LogP contribution >= 0.6 is 0 Å². The molecule has 0 aliphatic carbocycles. The Morgan fingerprint density at radius 1 is 1.29 bits per heavy atom. The molecule has 2 aromatic rings. The summed E-state index contributed by atoms with van der Waals surface area (Å²) < 4.78 is 0. The lowest BCUT2D eigenvalue weighted by molar-refractivity contribution is 0.100. The molecule has 3 rings (SSSR count). The smallest absolute Gasteiger partial charge is 0.248 e. The van der Waals surface area contributed by atoms with Gasteiger partial charge in [0.15, 0.2) is 0 Å². The number of hydrogen-bond acceptors (Lipinski definition) is 8. The highest BCUT2D eigenvalue weighted by atomic mass is 16.1. The number of carbonyl (C=O) groups excluding carboxylic acids is 1. The van der Waals surface area contributed by atoms with Crippen molar-refractivity contribution < 1.29 is 4.79 Å². The zero-order chi connectivity index (χ0) is 21.7. The molecule has 9 heteroatoms. The summed E-state index contributed by atoms with van der Waals surface area (Å²) in [7, 11) is 1.97. The third-order valence-corrected chi connectivity index (χ3v) is 5.04. The maximum atomic E-state index is 11.6. The van der Waals surface area contributed by atoms with E-state index < -0.39 is 5.91 Å². The van der Waals surface area contributed by atoms with Crippen molar-refractivity contribution in [2.24, 2.45) is 11.7 Å². The van der Waals surface area contributed by atoms with E-state index in [0.29, 0.717) is 35.4 Å². The van der Waals surface area contributed by atoms with Crippen LogP contribution in [0.25, 0.3) is 0 Å². The molecule has 0 unspecified atom stereocenters. The van der Waals surface area contributed by atoms with E-state index in [9.17, 15) is 4.79 Å². The summed E-state index contributed by atoms with van der Waals surface area (Å²) in [5.74, 6) is 1.53. The zero-order valence-electron chi connectivity index (χ0n) is 18.2. The van der Waals surface area contributed by atoms with Gasteiger partial charge in [0.2, 0.25) is 23.8 Å². The second kappa shape index (κ2) is 10.9. The Bertz CT molecular complexity index is 880. The number of hydrogen-bond donors (Lipinski definition) is 4. The second-order valence-corrected chi connectivity index (χ2v) is 8.25. The molecule has 0 bridgehead atoms. The number of nitrogens with two attached hydrogens (primary N) is 1. The first-order valence-corrected chi connectivity index (χ1v) is 10.4. The molecule has 1 atom stereocenters. The Kier molecular flexibility index (Phi) is 8.56. The molecule has 1 fully saturated rings. The van der Waals surface area contributed by atoms with Gasteiger partial charge in [0.1, 0.15) is 0 Å². The number of aryl methyl sites for hydroxylation is 1. The quantitative estimate of drug-likeness (QED) is 0.481. The van der Waals surface area contributed by atoms with Crippen molar-refractivity contribution >= 4 is 29.4 Å². The highest BCUT2D eigenvalue weighted by Gasteiger charge is 2.16. The van der Waals surface area contributed by atoms with Gasteiger partial charge in [-0.2, -0.15) is 15.0 Å². The van der Waals surface area contributed by atoms with E-state index in [4.69, 9.17) is 5.73 Å². The SMILES string of the molecule is C.Cc1ccc(C(N)=O)cc1Nc1nc(NC[C@@H]2CCCN2)nc(N(C)CC(C)C)n1. The summed E-state index contributed by atoms with van der Waals surface area (Å²) in [6.07, 6.45) is 2.33. The van der Waals surface area contributed by atoms with Gasteiger partial charge in [-0.25, -0.2) is 0 Å². The van der Waals surface area contributed by atoms with E-state index in [0.717, 1.165) is 37.3 Å². The molecule has 0 spiro atoms. The maximum Gasteiger partial charge on any atom is 0.248 e. The molecule has 1 aromatic heterocycles. The third kappa shape index (κ3) is 6.78. The largest absolute Gasteiger partial charge is 0.366 e. The number of nitrogens with zero attached hydrogens (tertiary/aromatic N) is 4. The molecule has 170 valence electrons. The molecule has 1 aromatic carbocycles. The summed E-state index contributed by atoms with van der Waals surface area (Å²) in [5.41, 5.74) is 7.55. The van der Waals surface area contributed by atoms with Gasteiger partial charge < -0.3 is 26.6 Å². The summed E-state index contributed by atoms with van der Waals surface area (Å²) >= 11 is 0. The molecule has 1 aliphatic heterocycles. The van der Waals surface area contributed by atoms with Crippen LogP contribution in [0.15, 0.2) is 18.2 Å². The van der Waals surface area contributed by atoms with Gasteiger partial charge in [-0.3, -0.25) is 4.79 Å². The highest BCUT2D eigenvalue weighted by molar-refractivity contribution is 5.94. The van der Waals surface area contributed by atoms with Crippen molar-refractivity contribution in [3.8, 4) is 0 Å². The van der Waals surface area contributed by atoms with Crippen molar-refractivity contribution in [3.05, 3.63) is 29.3 Å². The van der Waals surface area contributed by atoms with E-state index in [-0.39, 0.29) is 7.43 Å². The monoisotopic (exact) mass is 428 g/mol. The Balaban J connectivity index is 0.00000341. The maximum absolute atomic E-state index is 11.6. The summed E-state index contributed by atoms with van der Waals surface area (Å²) in [5, 5.41) is 10.0. The Labute approximate surface area is 185 Å². The zero-order valence-corrected chi connectivity index (χ0v) is 18.2. The molecule has 1 aliphatic rings. The van der Waals surface area contributed by atoms with Crippen LogP contribution in [0.1, 0.15) is 50.0 Å². The van der Waals surface area contributed by atoms with Gasteiger partial charge in [-0.1, -0.05) is 27.3 Å². The molecular weight excluding hydrogens is 392 g/mol. The first-order valence-electron chi connectivity index (χ1n) is 10.4. The van der Waals surface area contributed by atoms with Crippen LogP contribution in [0.3, 0.4) is 0 Å². The lowest BCUT2D eigenvalue weighted by Crippen LogP contribution is -2.30. The van der Waals surface area contributed by atoms with E-state index in [1.165, 1.54) is 6.42 Å². The summed E-state index contributed by atoms with van der Waals surface area (Å²) in [4.78, 5) is 27.3. The van der Waals surface area contributed by atoms with E-state index in [1.807, 2.05) is 24.9 Å². The van der Waals surface area contributed by atoms with Crippen LogP contribution in [0.4, 0.5) is 23.5 Å². The standard InChI is InChI=1S/C21H32N8O.CH4/c1-13(2)12-29(4)21-27-19(24-11-16-6-5-9-23-16)26-20(28-21)25-17-10-15(18(22)30)8-7-14(17)3;/h7-8,10,13,16,23H,5-6,9,11-12H2,1-4H3,(H2,22,30)(H2,24,25,26,27,28);1H4/t16-;/m0./s1. The first kappa shape index (κ1) is 24.3. The van der Waals surface area contributed by atoms with E-state index in [2.05, 4.69) is 44.7 Å². The van der Waals surface area contributed by atoms with Gasteiger partial charge in [-0.05, 0) is 49.9 Å². The Morgan fingerprint density at radius 2 is 2.03 bits per heavy atom. The van der Waals surface area contributed by atoms with Crippen LogP contribution in [0.2, 0.25) is 0 Å². The average Bonchev–Trinajstić information content (AvgIpc) is 3.21. The third-order valence-electron chi connectivity index (χ3n) is 5.04. The van der Waals surface area contributed by atoms with E-state index >= 15 is 0 Å². The van der Waals surface area contributed by atoms with Gasteiger partial charge in [0, 0.05) is 37.4 Å². The number of benzene rings is 1. The van der Waals surface area contributed by atoms with Crippen molar-refractivity contribution in [1.82, 2.24) is 20.3 Å². The lowest BCUT2D eigenvalue weighted by Gasteiger charge is -2.21. The minimum Gasteiger partial charge on any atom is -0.366 e. The lowest BCUT2D eigenvalue weighted by atomic mass is 10.1. The average molecular weight is 429 g/mol. The van der Waals surface area contributed by atoms with Crippen LogP contribution in [0.5, 0.6) is 0 Å². The Morgan fingerprint density at radius 3 is 2.68 bits per heavy atom. The van der Waals surface area contributed by atoms with Crippen molar-refractivity contribution in [1.29, 1.82) is 0 Å². The molecule has 1 saturated heterocycles. The normalized spacial score (nSPS) is 15.5. The fourth-order valence-electron chi connectivity index (χ4n) is 3.48. The van der Waals surface area contributed by atoms with Crippen LogP contribution in [0, 0.1) is 12.8 Å². The summed E-state index contributed by atoms with van der Waals surface area (Å²) in [6.45, 7) is 8.89. The van der Waals surface area contributed by atoms with Gasteiger partial charge in [0.25, 0.3) is 0 Å². The molecule has 31 heavy (non-hydrogen) atoms. The van der Waals surface area contributed by atoms with Crippen molar-refractivity contribution in [2.45, 2.75) is 47.1 Å². The second-order valence-electron chi connectivity index (χ2n) is 8.25. The predicted octanol–water partition coefficient (Wildman–Crippen LogP) is 2.91.